The largest absolute Gasteiger partial charge is 0.481 e. The minimum atomic E-state index is -5.65. The average Bonchev–Trinajstić information content (AvgIpc) is 3.64. The van der Waals surface area contributed by atoms with Crippen molar-refractivity contribution in [3.8, 4) is 0 Å². The fourth-order valence-electron chi connectivity index (χ4n) is 4.93. The normalized spacial score (nSPS) is 33.0. The molecule has 49 heavy (non-hydrogen) atoms. The Morgan fingerprint density at radius 3 is 2.43 bits per heavy atom. The first-order valence-electron chi connectivity index (χ1n) is 13.5. The summed E-state index contributed by atoms with van der Waals surface area (Å²) in [6.45, 7) is -2.32. The lowest BCUT2D eigenvalue weighted by Crippen LogP contribution is -2.42. The quantitative estimate of drug-likeness (QED) is 0.0783. The zero-order valence-corrected chi connectivity index (χ0v) is 27.8. The van der Waals surface area contributed by atoms with Gasteiger partial charge >= 0.3 is 23.5 Å². The molecule has 1 amide bonds. The lowest BCUT2D eigenvalue weighted by molar-refractivity contribution is -0.115. The summed E-state index contributed by atoms with van der Waals surface area (Å²) in [6.07, 6.45) is -5.63. The fourth-order valence-corrected chi connectivity index (χ4v) is 7.92. The number of phosphoric acid groups is 3. The van der Waals surface area contributed by atoms with Gasteiger partial charge in [-0.1, -0.05) is 17.7 Å². The van der Waals surface area contributed by atoms with Gasteiger partial charge in [0.05, 0.1) is 12.9 Å². The molecule has 2 saturated heterocycles. The van der Waals surface area contributed by atoms with E-state index in [1.54, 1.807) is 0 Å². The number of imidazole rings is 1. The van der Waals surface area contributed by atoms with Crippen molar-refractivity contribution in [1.29, 1.82) is 0 Å². The van der Waals surface area contributed by atoms with E-state index in [4.69, 9.17) is 32.5 Å². The van der Waals surface area contributed by atoms with Crippen LogP contribution in [0.3, 0.4) is 0 Å². The number of carbonyl (C=O) groups excluding carboxylic acids is 1. The predicted molar refractivity (Wildman–Crippen MR) is 158 cm³/mol. The second-order valence-corrected chi connectivity index (χ2v) is 15.4. The minimum Gasteiger partial charge on any atom is -0.387 e. The predicted octanol–water partition coefficient (Wildman–Crippen LogP) is -2.00. The van der Waals surface area contributed by atoms with Gasteiger partial charge in [-0.25, -0.2) is 28.6 Å². The molecule has 3 aliphatic heterocycles. The number of anilines is 1. The second-order valence-electron chi connectivity index (χ2n) is 10.6. The smallest absolute Gasteiger partial charge is 0.387 e. The van der Waals surface area contributed by atoms with E-state index in [2.05, 4.69) is 32.8 Å². The molecular weight excluding hydrogens is 751 g/mol. The number of aromatic nitrogens is 4. The van der Waals surface area contributed by atoms with E-state index < -0.39 is 90.6 Å². The third-order valence-electron chi connectivity index (χ3n) is 7.17. The summed E-state index contributed by atoms with van der Waals surface area (Å²) in [5.74, 6) is -0.837. The number of nitrogen functional groups attached to an aromatic ring is 1. The molecule has 2 aromatic rings. The van der Waals surface area contributed by atoms with E-state index in [0.29, 0.717) is 0 Å². The molecule has 272 valence electrons. The van der Waals surface area contributed by atoms with Crippen LogP contribution < -0.4 is 11.5 Å². The number of hydrogen-bond donors (Lipinski definition) is 9. The van der Waals surface area contributed by atoms with Crippen LogP contribution in [0.15, 0.2) is 36.7 Å². The number of nitrogens with two attached hydrogens (primary N) is 2. The highest BCUT2D eigenvalue weighted by Gasteiger charge is 2.58. The number of alkyl halides is 1. The van der Waals surface area contributed by atoms with Crippen LogP contribution in [0.5, 0.6) is 0 Å². The molecule has 0 bridgehead atoms. The van der Waals surface area contributed by atoms with Gasteiger partial charge in [0.15, 0.2) is 29.0 Å². The highest BCUT2D eigenvalue weighted by molar-refractivity contribution is 7.61. The first kappa shape index (κ1) is 37.8. The zero-order chi connectivity index (χ0) is 36.1. The van der Waals surface area contributed by atoms with E-state index >= 15 is 0 Å². The van der Waals surface area contributed by atoms with E-state index in [-0.39, 0.29) is 29.0 Å². The Bertz CT molecular complexity index is 1790. The maximum atomic E-state index is 12.6. The van der Waals surface area contributed by atoms with Crippen molar-refractivity contribution in [3.63, 3.8) is 0 Å². The fraction of sp³-hybridized carbons (Fsp3) is 0.524. The summed E-state index contributed by atoms with van der Waals surface area (Å²) in [5.41, 5.74) is 11.1. The SMILES string of the molecule is NC(=O)C1=CN([C@@H]2O[C@H](COP(=O)(O)OP(=O)(O)OC[C@]3(Cl)O[C@@H](n4cnc5c(N)ncnc54)[C@H](OP(=O)(O)O)[C@H]3O)[C@@H](O)[C@H]2O)C=CC1. The zero-order valence-electron chi connectivity index (χ0n) is 24.4. The van der Waals surface area contributed by atoms with Crippen LogP contribution in [0.4, 0.5) is 5.82 Å². The Balaban J connectivity index is 1.23. The van der Waals surface area contributed by atoms with Crippen molar-refractivity contribution in [1.82, 2.24) is 24.4 Å². The number of aliphatic hydroxyl groups is 3. The van der Waals surface area contributed by atoms with Gasteiger partial charge in [-0.2, -0.15) is 4.31 Å². The highest BCUT2D eigenvalue weighted by atomic mass is 35.5. The Labute approximate surface area is 278 Å². The monoisotopic (exact) mass is 779 g/mol. The van der Waals surface area contributed by atoms with E-state index in [1.165, 1.54) is 23.4 Å². The number of phosphoric ester groups is 3. The maximum Gasteiger partial charge on any atom is 0.481 e. The summed E-state index contributed by atoms with van der Waals surface area (Å²) in [5, 5.41) is 29.1. The molecule has 2 fully saturated rings. The number of halogens is 1. The van der Waals surface area contributed by atoms with Crippen molar-refractivity contribution >= 4 is 58.0 Å². The third-order valence-corrected chi connectivity index (χ3v) is 10.7. The van der Waals surface area contributed by atoms with E-state index in [1.807, 2.05) is 0 Å². The first-order valence-corrected chi connectivity index (χ1v) is 18.4. The Morgan fingerprint density at radius 1 is 1.06 bits per heavy atom. The van der Waals surface area contributed by atoms with Crippen molar-refractivity contribution in [2.24, 2.45) is 5.73 Å². The molecule has 3 aliphatic rings. The van der Waals surface area contributed by atoms with Crippen molar-refractivity contribution in [3.05, 3.63) is 36.7 Å². The summed E-state index contributed by atoms with van der Waals surface area (Å²) in [6, 6.07) is 0. The van der Waals surface area contributed by atoms with Crippen LogP contribution in [-0.4, -0.2) is 120 Å². The molecule has 10 atom stereocenters. The Kier molecular flexibility index (Phi) is 10.8. The molecule has 0 aliphatic carbocycles. The van der Waals surface area contributed by atoms with E-state index in [0.717, 1.165) is 17.2 Å². The Morgan fingerprint density at radius 2 is 1.76 bits per heavy atom. The van der Waals surface area contributed by atoms with Crippen molar-refractivity contribution in [2.75, 3.05) is 18.9 Å². The molecule has 28 heteroatoms. The standard InChI is InChI=1S/C21H29ClN7O17P3/c22-21(15(32)14(45-47(34,35)36)20(44-21)29-8-27-11-16(23)25-7-26-18(11)29)6-42-49(39,40)46-48(37,38)41-5-10-12(30)13(31)19(43-10)28-3-1-2-9(4-28)17(24)33/h1,3-4,7-8,10,12-15,19-20,30-32H,2,5-6H2,(H2,24,33)(H,37,38)(H,39,40)(H2,23,25,26)(H2,34,35,36)/t10-,12-,13-,14-,15-,19-,20-,21+/m1/s1. The summed E-state index contributed by atoms with van der Waals surface area (Å²) in [4.78, 5) is 63.6. The van der Waals surface area contributed by atoms with Gasteiger partial charge in [-0.3, -0.25) is 22.9 Å². The van der Waals surface area contributed by atoms with Crippen LogP contribution >= 0.6 is 35.1 Å². The van der Waals surface area contributed by atoms with Gasteiger partial charge in [0.1, 0.15) is 49.0 Å². The van der Waals surface area contributed by atoms with Crippen molar-refractivity contribution in [2.45, 2.75) is 54.5 Å². The Hall–Kier alpha value is -2.44. The molecule has 11 N–H and O–H groups in total. The molecule has 0 radical (unpaired) electrons. The topological polar surface area (TPSA) is 364 Å². The molecule has 5 heterocycles. The number of amides is 1. The number of ether oxygens (including phenoxy) is 2. The number of allylic oxidation sites excluding steroid dienone is 1. The van der Waals surface area contributed by atoms with Gasteiger partial charge in [0.25, 0.3) is 0 Å². The number of rotatable bonds is 13. The van der Waals surface area contributed by atoms with Gasteiger partial charge < -0.3 is 60.7 Å². The number of hydrogen-bond acceptors (Lipinski definition) is 18. The molecule has 2 aromatic heterocycles. The molecule has 0 saturated carbocycles. The van der Waals surface area contributed by atoms with Gasteiger partial charge in [0, 0.05) is 18.0 Å². The van der Waals surface area contributed by atoms with Gasteiger partial charge in [0.2, 0.25) is 5.91 Å². The molecule has 5 rings (SSSR count). The number of fused-ring (bicyclic) bond motifs is 1. The van der Waals surface area contributed by atoms with Gasteiger partial charge in [-0.05, 0) is 6.42 Å². The highest BCUT2D eigenvalue weighted by Crippen LogP contribution is 2.61. The summed E-state index contributed by atoms with van der Waals surface area (Å²) < 4.78 is 67.2. The third kappa shape index (κ3) is 8.38. The van der Waals surface area contributed by atoms with Crippen LogP contribution in [-0.2, 0) is 45.8 Å². The lowest BCUT2D eigenvalue weighted by atomic mass is 10.1. The summed E-state index contributed by atoms with van der Waals surface area (Å²) >= 11 is 6.32. The molecule has 0 aromatic carbocycles. The van der Waals surface area contributed by atoms with Gasteiger partial charge in [-0.15, -0.1) is 0 Å². The molecular formula is C21H29ClN7O17P3. The summed E-state index contributed by atoms with van der Waals surface area (Å²) in [7, 11) is -16.5. The van der Waals surface area contributed by atoms with Crippen molar-refractivity contribution < 1.29 is 80.7 Å². The number of nitrogens with zero attached hydrogens (tertiary/aromatic N) is 5. The van der Waals surface area contributed by atoms with Crippen LogP contribution in [0, 0.1) is 0 Å². The van der Waals surface area contributed by atoms with E-state index in [9.17, 15) is 53.4 Å². The average molecular weight is 780 g/mol. The lowest BCUT2D eigenvalue weighted by Gasteiger charge is -2.28. The molecule has 2 unspecified atom stereocenters. The molecule has 0 spiro atoms. The second kappa shape index (κ2) is 13.9. The number of primary amides is 1. The number of carbonyl (C=O) groups is 1. The first-order chi connectivity index (χ1) is 22.7. The van der Waals surface area contributed by atoms with Crippen LogP contribution in [0.1, 0.15) is 12.6 Å². The minimum absolute atomic E-state index is 0.0174. The van der Waals surface area contributed by atoms with Crippen LogP contribution in [0.25, 0.3) is 11.2 Å². The van der Waals surface area contributed by atoms with Crippen LogP contribution in [0.2, 0.25) is 0 Å². The maximum absolute atomic E-state index is 12.6. The number of aliphatic hydroxyl groups excluding tert-OH is 3. The molecule has 24 nitrogen and oxygen atoms in total.